The zero-order valence-corrected chi connectivity index (χ0v) is 11.7. The van der Waals surface area contributed by atoms with Crippen LogP contribution in [0.1, 0.15) is 58.8 Å². The van der Waals surface area contributed by atoms with Gasteiger partial charge in [-0.3, -0.25) is 0 Å². The summed E-state index contributed by atoms with van der Waals surface area (Å²) in [6.07, 6.45) is 9.87. The van der Waals surface area contributed by atoms with Gasteiger partial charge in [0.1, 0.15) is 0 Å². The molecule has 4 atom stereocenters. The smallest absolute Gasteiger partial charge is 0.00822 e. The van der Waals surface area contributed by atoms with Crippen molar-refractivity contribution in [3.63, 3.8) is 0 Å². The zero-order chi connectivity index (χ0) is 12.1. The maximum atomic E-state index is 3.77. The third-order valence-corrected chi connectivity index (χ3v) is 4.82. The number of nitrogens with one attached hydrogen (secondary N) is 2. The van der Waals surface area contributed by atoms with Gasteiger partial charge in [0.25, 0.3) is 0 Å². The van der Waals surface area contributed by atoms with E-state index >= 15 is 0 Å². The van der Waals surface area contributed by atoms with Gasteiger partial charge in [-0.15, -0.1) is 0 Å². The molecule has 0 aromatic carbocycles. The predicted molar refractivity (Wildman–Crippen MR) is 74.2 cm³/mol. The minimum atomic E-state index is 0.680. The van der Waals surface area contributed by atoms with Crippen molar-refractivity contribution >= 4 is 0 Å². The van der Waals surface area contributed by atoms with Crippen LogP contribution in [0, 0.1) is 11.8 Å². The van der Waals surface area contributed by atoms with Crippen LogP contribution in [0.3, 0.4) is 0 Å². The van der Waals surface area contributed by atoms with E-state index in [0.717, 1.165) is 17.9 Å². The van der Waals surface area contributed by atoms with Crippen molar-refractivity contribution < 1.29 is 0 Å². The van der Waals surface area contributed by atoms with E-state index in [1.807, 2.05) is 0 Å². The van der Waals surface area contributed by atoms with Crippen LogP contribution in [0.25, 0.3) is 0 Å². The molecule has 2 heteroatoms. The average molecular weight is 238 g/mol. The van der Waals surface area contributed by atoms with Gasteiger partial charge in [-0.1, -0.05) is 26.2 Å². The summed E-state index contributed by atoms with van der Waals surface area (Å²) >= 11 is 0. The fourth-order valence-electron chi connectivity index (χ4n) is 3.52. The van der Waals surface area contributed by atoms with Crippen molar-refractivity contribution in [1.82, 2.24) is 10.6 Å². The Morgan fingerprint density at radius 1 is 1.18 bits per heavy atom. The first kappa shape index (κ1) is 13.4. The predicted octanol–water partition coefficient (Wildman–Crippen LogP) is 2.93. The molecule has 0 aromatic heterocycles. The molecule has 0 amide bonds. The van der Waals surface area contributed by atoms with Crippen molar-refractivity contribution in [1.29, 1.82) is 0 Å². The van der Waals surface area contributed by atoms with Crippen LogP contribution in [0.5, 0.6) is 0 Å². The molecule has 2 nitrogen and oxygen atoms in total. The third kappa shape index (κ3) is 4.26. The highest BCUT2D eigenvalue weighted by atomic mass is 15.0. The second-order valence-electron chi connectivity index (χ2n) is 6.36. The Hall–Kier alpha value is -0.0800. The number of rotatable bonds is 5. The summed E-state index contributed by atoms with van der Waals surface area (Å²) in [4.78, 5) is 0. The van der Waals surface area contributed by atoms with Gasteiger partial charge in [0.15, 0.2) is 0 Å². The summed E-state index contributed by atoms with van der Waals surface area (Å²) in [5.41, 5.74) is 0. The van der Waals surface area contributed by atoms with E-state index in [-0.39, 0.29) is 0 Å². The molecule has 1 heterocycles. The molecule has 1 aliphatic heterocycles. The zero-order valence-electron chi connectivity index (χ0n) is 11.7. The normalized spacial score (nSPS) is 36.0. The molecular weight excluding hydrogens is 208 g/mol. The summed E-state index contributed by atoms with van der Waals surface area (Å²) in [5.74, 6) is 1.87. The lowest BCUT2D eigenvalue weighted by Gasteiger charge is -2.30. The monoisotopic (exact) mass is 238 g/mol. The maximum absolute atomic E-state index is 3.77. The second-order valence-corrected chi connectivity index (χ2v) is 6.36. The molecule has 1 aliphatic carbocycles. The van der Waals surface area contributed by atoms with Crippen LogP contribution < -0.4 is 10.6 Å². The molecule has 0 aromatic rings. The van der Waals surface area contributed by atoms with Crippen molar-refractivity contribution in [3.8, 4) is 0 Å². The van der Waals surface area contributed by atoms with Crippen molar-refractivity contribution in [3.05, 3.63) is 0 Å². The van der Waals surface area contributed by atoms with Crippen LogP contribution in [0.2, 0.25) is 0 Å². The summed E-state index contributed by atoms with van der Waals surface area (Å²) in [6, 6.07) is 1.46. The van der Waals surface area contributed by atoms with Crippen molar-refractivity contribution in [2.75, 3.05) is 13.1 Å². The van der Waals surface area contributed by atoms with E-state index in [4.69, 9.17) is 0 Å². The highest BCUT2D eigenvalue weighted by molar-refractivity contribution is 4.80. The Kier molecular flexibility index (Phi) is 5.30. The van der Waals surface area contributed by atoms with Crippen LogP contribution in [-0.4, -0.2) is 25.2 Å². The molecule has 2 aliphatic rings. The lowest BCUT2D eigenvalue weighted by Crippen LogP contribution is -2.38. The van der Waals surface area contributed by atoms with E-state index in [9.17, 15) is 0 Å². The van der Waals surface area contributed by atoms with Crippen molar-refractivity contribution in [2.24, 2.45) is 11.8 Å². The third-order valence-electron chi connectivity index (χ3n) is 4.82. The molecule has 1 saturated heterocycles. The van der Waals surface area contributed by atoms with E-state index in [1.54, 1.807) is 0 Å². The summed E-state index contributed by atoms with van der Waals surface area (Å²) in [7, 11) is 0. The van der Waals surface area contributed by atoms with Crippen LogP contribution in [-0.2, 0) is 0 Å². The summed E-state index contributed by atoms with van der Waals surface area (Å²) in [6.45, 7) is 7.27. The largest absolute Gasteiger partial charge is 0.314 e. The van der Waals surface area contributed by atoms with E-state index in [1.165, 1.54) is 58.0 Å². The second kappa shape index (κ2) is 6.75. The highest BCUT2D eigenvalue weighted by Crippen LogP contribution is 2.29. The van der Waals surface area contributed by atoms with E-state index < -0.39 is 0 Å². The molecule has 2 N–H and O–H groups in total. The molecule has 2 rings (SSSR count). The lowest BCUT2D eigenvalue weighted by molar-refractivity contribution is 0.239. The van der Waals surface area contributed by atoms with Crippen LogP contribution >= 0.6 is 0 Å². The molecule has 2 fully saturated rings. The molecule has 0 bridgehead atoms. The molecule has 4 unspecified atom stereocenters. The topological polar surface area (TPSA) is 24.1 Å². The fraction of sp³-hybridized carbons (Fsp3) is 1.00. The minimum Gasteiger partial charge on any atom is -0.314 e. The Morgan fingerprint density at radius 3 is 2.71 bits per heavy atom. The first-order valence-corrected chi connectivity index (χ1v) is 7.72. The van der Waals surface area contributed by atoms with E-state index in [0.29, 0.717) is 6.04 Å². The Morgan fingerprint density at radius 2 is 2.00 bits per heavy atom. The summed E-state index contributed by atoms with van der Waals surface area (Å²) < 4.78 is 0. The standard InChI is InChI=1S/C15H30N2/c1-12-6-3-4-7-14(12)11-17-13(2)10-15-8-5-9-16-15/h12-17H,3-11H2,1-2H3. The minimum absolute atomic E-state index is 0.680. The van der Waals surface area contributed by atoms with Gasteiger partial charge in [-0.25, -0.2) is 0 Å². The molecule has 1 saturated carbocycles. The number of hydrogen-bond acceptors (Lipinski definition) is 2. The van der Waals surface area contributed by atoms with Gasteiger partial charge in [0, 0.05) is 12.1 Å². The van der Waals surface area contributed by atoms with Crippen molar-refractivity contribution in [2.45, 2.75) is 70.9 Å². The quantitative estimate of drug-likeness (QED) is 0.769. The van der Waals surface area contributed by atoms with Gasteiger partial charge >= 0.3 is 0 Å². The van der Waals surface area contributed by atoms with Gasteiger partial charge in [-0.05, 0) is 57.5 Å². The highest BCUT2D eigenvalue weighted by Gasteiger charge is 2.22. The van der Waals surface area contributed by atoms with Crippen LogP contribution in [0.15, 0.2) is 0 Å². The first-order chi connectivity index (χ1) is 8.25. The molecule has 17 heavy (non-hydrogen) atoms. The Bertz CT molecular complexity index is 211. The molecule has 0 radical (unpaired) electrons. The SMILES string of the molecule is CC(CC1CCCN1)NCC1CCCCC1C. The maximum Gasteiger partial charge on any atom is 0.00822 e. The van der Waals surface area contributed by atoms with Gasteiger partial charge in [0.2, 0.25) is 0 Å². The number of hydrogen-bond donors (Lipinski definition) is 2. The van der Waals surface area contributed by atoms with Gasteiger partial charge < -0.3 is 10.6 Å². The van der Waals surface area contributed by atoms with Gasteiger partial charge in [-0.2, -0.15) is 0 Å². The molecule has 0 spiro atoms. The van der Waals surface area contributed by atoms with Crippen LogP contribution in [0.4, 0.5) is 0 Å². The fourth-order valence-corrected chi connectivity index (χ4v) is 3.52. The molecular formula is C15H30N2. The van der Waals surface area contributed by atoms with Gasteiger partial charge in [0.05, 0.1) is 0 Å². The van der Waals surface area contributed by atoms with E-state index in [2.05, 4.69) is 24.5 Å². The first-order valence-electron chi connectivity index (χ1n) is 7.72. The average Bonchev–Trinajstić information content (AvgIpc) is 2.81. The lowest BCUT2D eigenvalue weighted by atomic mass is 9.80. The Balaban J connectivity index is 1.62. The Labute approximate surface area is 107 Å². The summed E-state index contributed by atoms with van der Waals surface area (Å²) in [5, 5.41) is 7.36. The molecule has 100 valence electrons.